The van der Waals surface area contributed by atoms with Crippen molar-refractivity contribution in [3.05, 3.63) is 35.9 Å². The highest BCUT2D eigenvalue weighted by Gasteiger charge is 2.19. The topological polar surface area (TPSA) is 41.6 Å². The third kappa shape index (κ3) is 4.94. The molecule has 1 aromatic carbocycles. The fraction of sp³-hybridized carbons (Fsp3) is 0.562. The van der Waals surface area contributed by atoms with Crippen LogP contribution in [-0.4, -0.2) is 44.1 Å². The predicted molar refractivity (Wildman–Crippen MR) is 81.6 cm³/mol. The van der Waals surface area contributed by atoms with E-state index in [1.54, 1.807) is 7.11 Å². The van der Waals surface area contributed by atoms with E-state index in [4.69, 9.17) is 4.74 Å². The zero-order valence-electron chi connectivity index (χ0n) is 12.9. The number of likely N-dealkylation sites (N-methyl/N-ethyl adjacent to an activating group) is 1. The molecule has 0 fully saturated rings. The molecule has 0 aliphatic rings. The third-order valence-corrected chi connectivity index (χ3v) is 3.68. The van der Waals surface area contributed by atoms with Gasteiger partial charge in [-0.3, -0.25) is 4.79 Å². The summed E-state index contributed by atoms with van der Waals surface area (Å²) < 4.78 is 5.30. The van der Waals surface area contributed by atoms with Crippen LogP contribution in [0.2, 0.25) is 0 Å². The van der Waals surface area contributed by atoms with Crippen LogP contribution in [0.25, 0.3) is 0 Å². The number of benzene rings is 1. The zero-order valence-corrected chi connectivity index (χ0v) is 12.9. The van der Waals surface area contributed by atoms with Crippen LogP contribution >= 0.6 is 0 Å². The van der Waals surface area contributed by atoms with E-state index in [-0.39, 0.29) is 5.91 Å². The van der Waals surface area contributed by atoms with Crippen molar-refractivity contribution in [2.45, 2.75) is 32.4 Å². The fourth-order valence-corrected chi connectivity index (χ4v) is 2.00. The summed E-state index contributed by atoms with van der Waals surface area (Å²) in [6, 6.07) is 10.1. The van der Waals surface area contributed by atoms with E-state index < -0.39 is 6.10 Å². The van der Waals surface area contributed by atoms with Crippen LogP contribution in [0.5, 0.6) is 0 Å². The van der Waals surface area contributed by atoms with Gasteiger partial charge >= 0.3 is 0 Å². The number of amides is 1. The maximum Gasteiger partial charge on any atom is 0.253 e. The molecule has 2 atom stereocenters. The van der Waals surface area contributed by atoms with Gasteiger partial charge in [-0.05, 0) is 26.0 Å². The van der Waals surface area contributed by atoms with E-state index in [1.165, 1.54) is 0 Å². The monoisotopic (exact) mass is 278 g/mol. The van der Waals surface area contributed by atoms with E-state index in [0.717, 1.165) is 18.5 Å². The number of hydrogen-bond acceptors (Lipinski definition) is 3. The van der Waals surface area contributed by atoms with E-state index in [0.29, 0.717) is 12.6 Å². The lowest BCUT2D eigenvalue weighted by molar-refractivity contribution is -0.131. The van der Waals surface area contributed by atoms with Crippen LogP contribution in [0, 0.1) is 0 Å². The first-order chi connectivity index (χ1) is 9.60. The minimum absolute atomic E-state index is 0.0868. The average molecular weight is 278 g/mol. The Bertz CT molecular complexity index is 395. The molecule has 0 heterocycles. The Morgan fingerprint density at radius 3 is 2.55 bits per heavy atom. The van der Waals surface area contributed by atoms with Crippen molar-refractivity contribution in [3.63, 3.8) is 0 Å². The number of rotatable bonds is 8. The maximum absolute atomic E-state index is 12.1. The Hall–Kier alpha value is -1.39. The van der Waals surface area contributed by atoms with Gasteiger partial charge in [-0.1, -0.05) is 37.3 Å². The Balaban J connectivity index is 2.45. The predicted octanol–water partition coefficient (Wildman–Crippen LogP) is 2.22. The zero-order chi connectivity index (χ0) is 15.0. The van der Waals surface area contributed by atoms with Gasteiger partial charge in [0.05, 0.1) is 0 Å². The number of methoxy groups -OCH3 is 1. The molecule has 1 N–H and O–H groups in total. The smallest absolute Gasteiger partial charge is 0.253 e. The van der Waals surface area contributed by atoms with Crippen LogP contribution < -0.4 is 5.32 Å². The lowest BCUT2D eigenvalue weighted by atomic mass is 10.1. The standard InChI is InChI=1S/C16H26N2O2/c1-5-13(2)18(3)12-11-17-16(19)15(20-4)14-9-7-6-8-10-14/h6-10,13,15H,5,11-12H2,1-4H3,(H,17,19)/t13-,15-/m1/s1. The van der Waals surface area contributed by atoms with Gasteiger partial charge in [0.15, 0.2) is 6.10 Å². The second-order valence-corrected chi connectivity index (χ2v) is 5.06. The van der Waals surface area contributed by atoms with Gasteiger partial charge in [0.25, 0.3) is 5.91 Å². The largest absolute Gasteiger partial charge is 0.367 e. The van der Waals surface area contributed by atoms with Gasteiger partial charge in [-0.25, -0.2) is 0 Å². The van der Waals surface area contributed by atoms with Gasteiger partial charge in [0.2, 0.25) is 0 Å². The van der Waals surface area contributed by atoms with Crippen molar-refractivity contribution < 1.29 is 9.53 Å². The van der Waals surface area contributed by atoms with E-state index in [1.807, 2.05) is 30.3 Å². The second kappa shape index (κ2) is 8.72. The van der Waals surface area contributed by atoms with Crippen LogP contribution in [0.4, 0.5) is 0 Å². The van der Waals surface area contributed by atoms with Gasteiger partial charge in [0.1, 0.15) is 0 Å². The normalized spacial score (nSPS) is 14.1. The van der Waals surface area contributed by atoms with E-state index in [2.05, 4.69) is 31.1 Å². The van der Waals surface area contributed by atoms with Gasteiger partial charge in [-0.2, -0.15) is 0 Å². The van der Waals surface area contributed by atoms with Crippen molar-refractivity contribution in [3.8, 4) is 0 Å². The van der Waals surface area contributed by atoms with Gasteiger partial charge < -0.3 is 15.0 Å². The number of nitrogens with zero attached hydrogens (tertiary/aromatic N) is 1. The fourth-order valence-electron chi connectivity index (χ4n) is 2.00. The molecule has 0 spiro atoms. The molecule has 0 aliphatic heterocycles. The molecule has 0 bridgehead atoms. The lowest BCUT2D eigenvalue weighted by Gasteiger charge is -2.24. The summed E-state index contributed by atoms with van der Waals surface area (Å²) in [6.45, 7) is 5.82. The highest BCUT2D eigenvalue weighted by molar-refractivity contribution is 5.82. The first-order valence-corrected chi connectivity index (χ1v) is 7.15. The molecule has 20 heavy (non-hydrogen) atoms. The van der Waals surface area contributed by atoms with Crippen molar-refractivity contribution >= 4 is 5.91 Å². The van der Waals surface area contributed by atoms with Crippen molar-refractivity contribution in [2.75, 3.05) is 27.2 Å². The molecule has 4 nitrogen and oxygen atoms in total. The molecule has 1 amide bonds. The summed E-state index contributed by atoms with van der Waals surface area (Å²) in [7, 11) is 3.63. The molecular formula is C16H26N2O2. The SMILES string of the molecule is CC[C@@H](C)N(C)CCNC(=O)[C@H](OC)c1ccccc1. The summed E-state index contributed by atoms with van der Waals surface area (Å²) in [6.07, 6.45) is 0.569. The van der Waals surface area contributed by atoms with Crippen molar-refractivity contribution in [1.82, 2.24) is 10.2 Å². The quantitative estimate of drug-likeness (QED) is 0.793. The molecule has 1 rings (SSSR count). The molecule has 0 saturated heterocycles. The molecular weight excluding hydrogens is 252 g/mol. The van der Waals surface area contributed by atoms with Crippen LogP contribution in [0.3, 0.4) is 0 Å². The van der Waals surface area contributed by atoms with Gasteiger partial charge in [-0.15, -0.1) is 0 Å². The first-order valence-electron chi connectivity index (χ1n) is 7.15. The minimum atomic E-state index is -0.537. The highest BCUT2D eigenvalue weighted by Crippen LogP contribution is 2.15. The van der Waals surface area contributed by atoms with Crippen LogP contribution in [0.15, 0.2) is 30.3 Å². The van der Waals surface area contributed by atoms with Gasteiger partial charge in [0, 0.05) is 26.2 Å². The van der Waals surface area contributed by atoms with Crippen LogP contribution in [-0.2, 0) is 9.53 Å². The van der Waals surface area contributed by atoms with E-state index >= 15 is 0 Å². The van der Waals surface area contributed by atoms with Crippen molar-refractivity contribution in [2.24, 2.45) is 0 Å². The first kappa shape index (κ1) is 16.7. The number of ether oxygens (including phenoxy) is 1. The average Bonchev–Trinajstić information content (AvgIpc) is 2.48. The molecule has 0 aliphatic carbocycles. The van der Waals surface area contributed by atoms with E-state index in [9.17, 15) is 4.79 Å². The third-order valence-electron chi connectivity index (χ3n) is 3.68. The molecule has 0 unspecified atom stereocenters. The van der Waals surface area contributed by atoms with Crippen LogP contribution in [0.1, 0.15) is 31.9 Å². The molecule has 4 heteroatoms. The Morgan fingerprint density at radius 1 is 1.35 bits per heavy atom. The number of carbonyl (C=O) groups is 1. The lowest BCUT2D eigenvalue weighted by Crippen LogP contribution is -2.39. The molecule has 0 saturated carbocycles. The molecule has 112 valence electrons. The highest BCUT2D eigenvalue weighted by atomic mass is 16.5. The van der Waals surface area contributed by atoms with Crippen molar-refractivity contribution in [1.29, 1.82) is 0 Å². The summed E-state index contributed by atoms with van der Waals surface area (Å²) >= 11 is 0. The Morgan fingerprint density at radius 2 is 2.00 bits per heavy atom. The minimum Gasteiger partial charge on any atom is -0.367 e. The molecule has 0 aromatic heterocycles. The molecule has 1 aromatic rings. The summed E-state index contributed by atoms with van der Waals surface area (Å²) in [5.41, 5.74) is 0.878. The maximum atomic E-state index is 12.1. The number of carbonyl (C=O) groups excluding carboxylic acids is 1. The second-order valence-electron chi connectivity index (χ2n) is 5.06. The Kier molecular flexibility index (Phi) is 7.26. The summed E-state index contributed by atoms with van der Waals surface area (Å²) in [5, 5.41) is 2.94. The summed E-state index contributed by atoms with van der Waals surface area (Å²) in [4.78, 5) is 14.4. The number of nitrogens with one attached hydrogen (secondary N) is 1. The number of hydrogen-bond donors (Lipinski definition) is 1. The molecule has 0 radical (unpaired) electrons. The Labute approximate surface area is 122 Å². The summed E-state index contributed by atoms with van der Waals surface area (Å²) in [5.74, 6) is -0.0868.